The molecule has 2 N–H and O–H groups in total. The van der Waals surface area contributed by atoms with Crippen LogP contribution in [0.4, 0.5) is 5.69 Å². The van der Waals surface area contributed by atoms with Gasteiger partial charge in [-0.25, -0.2) is 0 Å². The molecule has 0 aliphatic carbocycles. The zero-order chi connectivity index (χ0) is 15.6. The SMILES string of the molecule is O=C(NC1COCC1C(=O)O)c1ccc(Cl)cc1[N+](=O)[O-]. The summed E-state index contributed by atoms with van der Waals surface area (Å²) in [5.41, 5.74) is -0.619. The summed E-state index contributed by atoms with van der Waals surface area (Å²) < 4.78 is 5.01. The predicted molar refractivity (Wildman–Crippen MR) is 71.3 cm³/mol. The van der Waals surface area contributed by atoms with Crippen molar-refractivity contribution in [2.45, 2.75) is 6.04 Å². The Balaban J connectivity index is 2.21. The van der Waals surface area contributed by atoms with Crippen LogP contribution in [0, 0.1) is 16.0 Å². The fourth-order valence-corrected chi connectivity index (χ4v) is 2.20. The lowest BCUT2D eigenvalue weighted by Crippen LogP contribution is -2.42. The summed E-state index contributed by atoms with van der Waals surface area (Å²) >= 11 is 5.67. The van der Waals surface area contributed by atoms with Gasteiger partial charge in [0, 0.05) is 11.1 Å². The third kappa shape index (κ3) is 3.29. The second-order valence-corrected chi connectivity index (χ2v) is 4.92. The first kappa shape index (κ1) is 15.2. The molecule has 1 aromatic carbocycles. The van der Waals surface area contributed by atoms with Gasteiger partial charge in [-0.1, -0.05) is 11.6 Å². The maximum absolute atomic E-state index is 12.1. The Kier molecular flexibility index (Phi) is 4.39. The molecular weight excluding hydrogens is 304 g/mol. The molecule has 1 fully saturated rings. The Morgan fingerprint density at radius 1 is 1.43 bits per heavy atom. The summed E-state index contributed by atoms with van der Waals surface area (Å²) in [7, 11) is 0. The highest BCUT2D eigenvalue weighted by Gasteiger charge is 2.36. The minimum atomic E-state index is -1.09. The zero-order valence-electron chi connectivity index (χ0n) is 10.6. The van der Waals surface area contributed by atoms with E-state index in [0.717, 1.165) is 6.07 Å². The van der Waals surface area contributed by atoms with Gasteiger partial charge in [0.2, 0.25) is 0 Å². The number of carbonyl (C=O) groups is 2. The number of nitrogens with zero attached hydrogens (tertiary/aromatic N) is 1. The van der Waals surface area contributed by atoms with Crippen molar-refractivity contribution in [3.05, 3.63) is 38.9 Å². The van der Waals surface area contributed by atoms with Crippen molar-refractivity contribution in [1.29, 1.82) is 0 Å². The highest BCUT2D eigenvalue weighted by atomic mass is 35.5. The fraction of sp³-hybridized carbons (Fsp3) is 0.333. The molecule has 0 saturated carbocycles. The lowest BCUT2D eigenvalue weighted by atomic mass is 10.0. The lowest BCUT2D eigenvalue weighted by Gasteiger charge is -2.15. The summed E-state index contributed by atoms with van der Waals surface area (Å²) in [6.07, 6.45) is 0. The topological polar surface area (TPSA) is 119 Å². The van der Waals surface area contributed by atoms with E-state index in [-0.39, 0.29) is 23.8 Å². The molecule has 0 spiro atoms. The Bertz CT molecular complexity index is 605. The number of carbonyl (C=O) groups excluding carboxylic acids is 1. The third-order valence-corrected chi connectivity index (χ3v) is 3.35. The number of halogens is 1. The second-order valence-electron chi connectivity index (χ2n) is 4.48. The van der Waals surface area contributed by atoms with Crippen molar-refractivity contribution < 1.29 is 24.4 Å². The predicted octanol–water partition coefficient (Wildman–Crippen LogP) is 1.08. The molecule has 0 radical (unpaired) electrons. The largest absolute Gasteiger partial charge is 0.481 e. The van der Waals surface area contributed by atoms with Crippen LogP contribution in [-0.4, -0.2) is 41.2 Å². The van der Waals surface area contributed by atoms with E-state index in [1.165, 1.54) is 12.1 Å². The van der Waals surface area contributed by atoms with Crippen LogP contribution in [-0.2, 0) is 9.53 Å². The highest BCUT2D eigenvalue weighted by Crippen LogP contribution is 2.24. The molecule has 2 unspecified atom stereocenters. The average Bonchev–Trinajstić information content (AvgIpc) is 2.86. The number of hydrogen-bond acceptors (Lipinski definition) is 5. The van der Waals surface area contributed by atoms with Crippen molar-refractivity contribution in [2.24, 2.45) is 5.92 Å². The van der Waals surface area contributed by atoms with Gasteiger partial charge in [0.25, 0.3) is 11.6 Å². The van der Waals surface area contributed by atoms with E-state index in [4.69, 9.17) is 21.4 Å². The summed E-state index contributed by atoms with van der Waals surface area (Å²) in [6, 6.07) is 2.91. The smallest absolute Gasteiger partial charge is 0.311 e. The van der Waals surface area contributed by atoms with Gasteiger partial charge in [-0.2, -0.15) is 0 Å². The molecule has 2 atom stereocenters. The number of amides is 1. The van der Waals surface area contributed by atoms with Crippen LogP contribution < -0.4 is 5.32 Å². The molecular formula is C12H11ClN2O6. The van der Waals surface area contributed by atoms with Crippen molar-refractivity contribution >= 4 is 29.2 Å². The minimum Gasteiger partial charge on any atom is -0.481 e. The van der Waals surface area contributed by atoms with Gasteiger partial charge in [-0.05, 0) is 12.1 Å². The van der Waals surface area contributed by atoms with E-state index in [1.54, 1.807) is 0 Å². The Morgan fingerprint density at radius 2 is 2.14 bits per heavy atom. The molecule has 1 saturated heterocycles. The first-order chi connectivity index (χ1) is 9.90. The van der Waals surface area contributed by atoms with Gasteiger partial charge in [-0.3, -0.25) is 19.7 Å². The minimum absolute atomic E-state index is 0.0109. The van der Waals surface area contributed by atoms with Crippen LogP contribution in [0.25, 0.3) is 0 Å². The van der Waals surface area contributed by atoms with Crippen LogP contribution in [0.3, 0.4) is 0 Å². The lowest BCUT2D eigenvalue weighted by molar-refractivity contribution is -0.385. The number of carboxylic acids is 1. The van der Waals surface area contributed by atoms with Crippen LogP contribution >= 0.6 is 11.6 Å². The van der Waals surface area contributed by atoms with Crippen LogP contribution in [0.5, 0.6) is 0 Å². The summed E-state index contributed by atoms with van der Waals surface area (Å²) in [4.78, 5) is 33.3. The molecule has 2 rings (SSSR count). The molecule has 1 aromatic rings. The molecule has 1 amide bonds. The highest BCUT2D eigenvalue weighted by molar-refractivity contribution is 6.31. The number of nitrogens with one attached hydrogen (secondary N) is 1. The molecule has 1 heterocycles. The molecule has 1 aliphatic rings. The first-order valence-corrected chi connectivity index (χ1v) is 6.33. The van der Waals surface area contributed by atoms with Crippen molar-refractivity contribution in [3.63, 3.8) is 0 Å². The molecule has 0 aromatic heterocycles. The van der Waals surface area contributed by atoms with Crippen molar-refractivity contribution in [3.8, 4) is 0 Å². The molecule has 21 heavy (non-hydrogen) atoms. The number of benzene rings is 1. The van der Waals surface area contributed by atoms with Crippen LogP contribution in [0.2, 0.25) is 5.02 Å². The van der Waals surface area contributed by atoms with E-state index >= 15 is 0 Å². The Hall–Kier alpha value is -2.19. The number of ether oxygens (including phenoxy) is 1. The normalized spacial score (nSPS) is 21.0. The standard InChI is InChI=1S/C12H11ClN2O6/c13-6-1-2-7(10(3-6)15(19)20)11(16)14-9-5-21-4-8(9)12(17)18/h1-3,8-9H,4-5H2,(H,14,16)(H,17,18). The van der Waals surface area contributed by atoms with Gasteiger partial charge in [0.05, 0.1) is 24.2 Å². The van der Waals surface area contributed by atoms with Crippen LogP contribution in [0.1, 0.15) is 10.4 Å². The molecule has 0 bridgehead atoms. The van der Waals surface area contributed by atoms with Gasteiger partial charge in [-0.15, -0.1) is 0 Å². The van der Waals surface area contributed by atoms with Crippen molar-refractivity contribution in [2.75, 3.05) is 13.2 Å². The van der Waals surface area contributed by atoms with E-state index in [0.29, 0.717) is 0 Å². The van der Waals surface area contributed by atoms with Crippen molar-refractivity contribution in [1.82, 2.24) is 5.32 Å². The summed E-state index contributed by atoms with van der Waals surface area (Å²) in [6.45, 7) is 0.0348. The molecule has 8 nitrogen and oxygen atoms in total. The van der Waals surface area contributed by atoms with Gasteiger partial charge >= 0.3 is 5.97 Å². The van der Waals surface area contributed by atoms with Gasteiger partial charge < -0.3 is 15.2 Å². The van der Waals surface area contributed by atoms with E-state index < -0.39 is 34.4 Å². The number of carboxylic acid groups (broad SMARTS) is 1. The first-order valence-electron chi connectivity index (χ1n) is 5.95. The molecule has 1 aliphatic heterocycles. The molecule has 112 valence electrons. The third-order valence-electron chi connectivity index (χ3n) is 3.12. The Morgan fingerprint density at radius 3 is 2.76 bits per heavy atom. The zero-order valence-corrected chi connectivity index (χ0v) is 11.4. The van der Waals surface area contributed by atoms with Gasteiger partial charge in [0.15, 0.2) is 0 Å². The van der Waals surface area contributed by atoms with E-state index in [2.05, 4.69) is 5.32 Å². The van der Waals surface area contributed by atoms with E-state index in [9.17, 15) is 19.7 Å². The summed E-state index contributed by atoms with van der Waals surface area (Å²) in [5.74, 6) is -2.70. The fourth-order valence-electron chi connectivity index (χ4n) is 2.03. The van der Waals surface area contributed by atoms with Crippen LogP contribution in [0.15, 0.2) is 18.2 Å². The quantitative estimate of drug-likeness (QED) is 0.634. The summed E-state index contributed by atoms with van der Waals surface area (Å²) in [5, 5.41) is 22.5. The van der Waals surface area contributed by atoms with E-state index in [1.807, 2.05) is 0 Å². The number of nitro benzene ring substituents is 1. The second kappa shape index (κ2) is 6.06. The molecule has 9 heteroatoms. The monoisotopic (exact) mass is 314 g/mol. The number of aliphatic carboxylic acids is 1. The number of rotatable bonds is 4. The maximum Gasteiger partial charge on any atom is 0.311 e. The Labute approximate surface area is 123 Å². The average molecular weight is 315 g/mol. The van der Waals surface area contributed by atoms with Gasteiger partial charge in [0.1, 0.15) is 11.5 Å². The maximum atomic E-state index is 12.1. The number of nitro groups is 1. The number of hydrogen-bond donors (Lipinski definition) is 2.